The molecule has 1 amide bonds. The molecule has 0 aromatic heterocycles. The molecule has 7 nitrogen and oxygen atoms in total. The second kappa shape index (κ2) is 8.86. The average Bonchev–Trinajstić information content (AvgIpc) is 2.79. The fraction of sp³-hybridized carbons (Fsp3) is 0.0870. The minimum Gasteiger partial charge on any atom is -0.324 e. The van der Waals surface area contributed by atoms with Crippen LogP contribution in [0.3, 0.4) is 0 Å². The minimum absolute atomic E-state index is 0.171. The van der Waals surface area contributed by atoms with Gasteiger partial charge in [-0.2, -0.15) is 4.31 Å². The van der Waals surface area contributed by atoms with Crippen molar-refractivity contribution in [3.05, 3.63) is 94.8 Å². The van der Waals surface area contributed by atoms with Crippen LogP contribution in [0.25, 0.3) is 0 Å². The molecule has 3 aromatic rings. The molecule has 1 unspecified atom stereocenters. The van der Waals surface area contributed by atoms with E-state index in [1.165, 1.54) is 48.5 Å². The molecule has 1 aliphatic heterocycles. The summed E-state index contributed by atoms with van der Waals surface area (Å²) in [4.78, 5) is 38.9. The number of benzene rings is 3. The van der Waals surface area contributed by atoms with E-state index in [0.29, 0.717) is 4.31 Å². The highest BCUT2D eigenvalue weighted by Crippen LogP contribution is 2.32. The second-order valence-electron chi connectivity index (χ2n) is 7.22. The van der Waals surface area contributed by atoms with E-state index in [2.05, 4.69) is 5.32 Å². The topological polar surface area (TPSA) is 101 Å². The van der Waals surface area contributed by atoms with Gasteiger partial charge in [-0.1, -0.05) is 48.0 Å². The monoisotopic (exact) mass is 486 g/mol. The molecule has 3 aromatic carbocycles. The Morgan fingerprint density at radius 2 is 1.70 bits per heavy atom. The lowest BCUT2D eigenvalue weighted by Crippen LogP contribution is -2.55. The van der Waals surface area contributed by atoms with Crippen molar-refractivity contribution in [2.45, 2.75) is 10.9 Å². The van der Waals surface area contributed by atoms with Gasteiger partial charge in [-0.25, -0.2) is 12.8 Å². The molecule has 1 N–H and O–H groups in total. The van der Waals surface area contributed by atoms with Crippen molar-refractivity contribution < 1.29 is 27.2 Å². The third-order valence-corrected chi connectivity index (χ3v) is 7.28. The quantitative estimate of drug-likeness (QED) is 0.439. The van der Waals surface area contributed by atoms with E-state index in [-0.39, 0.29) is 26.7 Å². The number of carbonyl (C=O) groups is 3. The first-order valence-electron chi connectivity index (χ1n) is 9.69. The van der Waals surface area contributed by atoms with Crippen LogP contribution in [0, 0.1) is 5.82 Å². The summed E-state index contributed by atoms with van der Waals surface area (Å²) in [7, 11) is -4.42. The number of para-hydroxylation sites is 1. The second-order valence-corrected chi connectivity index (χ2v) is 9.48. The number of hydrogen-bond donors (Lipinski definition) is 1. The lowest BCUT2D eigenvalue weighted by Gasteiger charge is -2.33. The molecule has 0 spiro atoms. The highest BCUT2D eigenvalue weighted by atomic mass is 35.5. The smallest absolute Gasteiger partial charge is 0.245 e. The van der Waals surface area contributed by atoms with Gasteiger partial charge in [0.2, 0.25) is 15.9 Å². The van der Waals surface area contributed by atoms with Gasteiger partial charge in [0.1, 0.15) is 5.82 Å². The van der Waals surface area contributed by atoms with Crippen molar-refractivity contribution in [3.63, 3.8) is 0 Å². The average molecular weight is 487 g/mol. The molecule has 1 atom stereocenters. The Labute approximate surface area is 193 Å². The number of carbonyl (C=O) groups excluding carboxylic acids is 3. The molecule has 0 bridgehead atoms. The molecule has 0 saturated heterocycles. The number of sulfonamides is 1. The third-order valence-electron chi connectivity index (χ3n) is 5.08. The first-order chi connectivity index (χ1) is 15.7. The summed E-state index contributed by atoms with van der Waals surface area (Å²) < 4.78 is 41.0. The molecule has 168 valence electrons. The molecule has 1 aliphatic rings. The first kappa shape index (κ1) is 22.8. The minimum atomic E-state index is -4.42. The molecule has 0 fully saturated rings. The van der Waals surface area contributed by atoms with Gasteiger partial charge in [0, 0.05) is 11.1 Å². The number of amides is 1. The van der Waals surface area contributed by atoms with Crippen LogP contribution < -0.4 is 5.32 Å². The van der Waals surface area contributed by atoms with Crippen LogP contribution in [-0.2, 0) is 14.8 Å². The van der Waals surface area contributed by atoms with Crippen LogP contribution in [0.4, 0.5) is 10.1 Å². The zero-order valence-corrected chi connectivity index (χ0v) is 18.4. The predicted octanol–water partition coefficient (Wildman–Crippen LogP) is 3.56. The maximum atomic E-state index is 13.7. The van der Waals surface area contributed by atoms with Crippen molar-refractivity contribution in [3.8, 4) is 0 Å². The molecule has 0 radical (unpaired) electrons. The van der Waals surface area contributed by atoms with Crippen LogP contribution >= 0.6 is 11.6 Å². The zero-order chi connectivity index (χ0) is 23.8. The van der Waals surface area contributed by atoms with Crippen molar-refractivity contribution >= 4 is 44.8 Å². The number of halogens is 2. The number of nitrogens with one attached hydrogen (secondary N) is 1. The lowest BCUT2D eigenvalue weighted by molar-refractivity contribution is -0.116. The van der Waals surface area contributed by atoms with Gasteiger partial charge >= 0.3 is 0 Å². The van der Waals surface area contributed by atoms with E-state index in [4.69, 9.17) is 11.6 Å². The van der Waals surface area contributed by atoms with E-state index < -0.39 is 45.9 Å². The Hall–Kier alpha value is -3.40. The molecule has 1 heterocycles. The number of nitrogens with zero attached hydrogens (tertiary/aromatic N) is 1. The lowest BCUT2D eigenvalue weighted by atomic mass is 9.95. The van der Waals surface area contributed by atoms with Gasteiger partial charge in [0.05, 0.1) is 22.2 Å². The molecule has 10 heteroatoms. The van der Waals surface area contributed by atoms with Gasteiger partial charge in [0.15, 0.2) is 17.6 Å². The van der Waals surface area contributed by atoms with E-state index in [1.54, 1.807) is 12.1 Å². The van der Waals surface area contributed by atoms with Crippen LogP contribution in [0.1, 0.15) is 20.7 Å². The summed E-state index contributed by atoms with van der Waals surface area (Å²) in [6, 6.07) is 14.4. The molecule has 0 aliphatic carbocycles. The highest BCUT2D eigenvalue weighted by Gasteiger charge is 2.48. The SMILES string of the molecule is O=C(CN1C(C(=O)c2cccc(F)c2)C(=O)c2ccccc2S1(=O)=O)Nc1ccccc1Cl. The Balaban J connectivity index is 1.76. The highest BCUT2D eigenvalue weighted by molar-refractivity contribution is 7.89. The summed E-state index contributed by atoms with van der Waals surface area (Å²) in [6.07, 6.45) is 0. The van der Waals surface area contributed by atoms with Gasteiger partial charge in [-0.05, 0) is 36.4 Å². The molecule has 0 saturated carbocycles. The van der Waals surface area contributed by atoms with E-state index in [0.717, 1.165) is 12.1 Å². The summed E-state index contributed by atoms with van der Waals surface area (Å²) in [5, 5.41) is 2.71. The van der Waals surface area contributed by atoms with Crippen LogP contribution in [0.5, 0.6) is 0 Å². The van der Waals surface area contributed by atoms with Crippen molar-refractivity contribution in [1.82, 2.24) is 4.31 Å². The molecular formula is C23H16ClFN2O5S. The van der Waals surface area contributed by atoms with Gasteiger partial charge in [0.25, 0.3) is 0 Å². The standard InChI is InChI=1S/C23H16ClFN2O5S/c24-17-9-2-3-10-18(17)26-20(28)13-27-21(22(29)14-6-5-7-15(25)12-14)23(30)16-8-1-4-11-19(16)33(27,31)32/h1-12,21H,13H2,(H,26,28). The van der Waals surface area contributed by atoms with Gasteiger partial charge in [-0.3, -0.25) is 14.4 Å². The van der Waals surface area contributed by atoms with Crippen molar-refractivity contribution in [1.29, 1.82) is 0 Å². The zero-order valence-electron chi connectivity index (χ0n) is 16.9. The van der Waals surface area contributed by atoms with Crippen LogP contribution in [0.15, 0.2) is 77.7 Å². The Bertz CT molecular complexity index is 1390. The Kier molecular flexibility index (Phi) is 6.11. The van der Waals surface area contributed by atoms with E-state index >= 15 is 0 Å². The molecule has 4 rings (SSSR count). The normalized spacial score (nSPS) is 17.3. The fourth-order valence-electron chi connectivity index (χ4n) is 3.56. The first-order valence-corrected chi connectivity index (χ1v) is 11.5. The number of hydrogen-bond acceptors (Lipinski definition) is 5. The number of rotatable bonds is 5. The van der Waals surface area contributed by atoms with E-state index in [9.17, 15) is 27.2 Å². The number of ketones is 2. The molecular weight excluding hydrogens is 471 g/mol. The number of anilines is 1. The summed E-state index contributed by atoms with van der Waals surface area (Å²) in [5.41, 5.74) is -0.132. The summed E-state index contributed by atoms with van der Waals surface area (Å²) in [6.45, 7) is -0.834. The van der Waals surface area contributed by atoms with Crippen LogP contribution in [-0.4, -0.2) is 42.8 Å². The van der Waals surface area contributed by atoms with Crippen molar-refractivity contribution in [2.24, 2.45) is 0 Å². The maximum Gasteiger partial charge on any atom is 0.245 e. The molecule has 33 heavy (non-hydrogen) atoms. The number of Topliss-reactive ketones (excluding diaryl/α,β-unsaturated/α-hetero) is 2. The summed E-state index contributed by atoms with van der Waals surface area (Å²) in [5.74, 6) is -3.28. The van der Waals surface area contributed by atoms with Crippen LogP contribution in [0.2, 0.25) is 5.02 Å². The maximum absolute atomic E-state index is 13.7. The number of fused-ring (bicyclic) bond motifs is 1. The van der Waals surface area contributed by atoms with Crippen molar-refractivity contribution in [2.75, 3.05) is 11.9 Å². The Morgan fingerprint density at radius 1 is 1.00 bits per heavy atom. The third kappa shape index (κ3) is 4.30. The van der Waals surface area contributed by atoms with Gasteiger partial charge in [-0.15, -0.1) is 0 Å². The Morgan fingerprint density at radius 3 is 2.42 bits per heavy atom. The summed E-state index contributed by atoms with van der Waals surface area (Å²) >= 11 is 6.04. The largest absolute Gasteiger partial charge is 0.324 e. The predicted molar refractivity (Wildman–Crippen MR) is 119 cm³/mol. The fourth-order valence-corrected chi connectivity index (χ4v) is 5.45. The van der Waals surface area contributed by atoms with E-state index in [1.807, 2.05) is 0 Å². The van der Waals surface area contributed by atoms with Gasteiger partial charge < -0.3 is 5.32 Å².